The lowest BCUT2D eigenvalue weighted by molar-refractivity contribution is -0.154. The van der Waals surface area contributed by atoms with E-state index in [-0.39, 0.29) is 49.6 Å². The van der Waals surface area contributed by atoms with Gasteiger partial charge in [0.15, 0.2) is 0 Å². The number of aryl methyl sites for hydroxylation is 1. The highest BCUT2D eigenvalue weighted by Crippen LogP contribution is 2.40. The molecule has 222 valence electrons. The second-order valence-corrected chi connectivity index (χ2v) is 10.5. The van der Waals surface area contributed by atoms with Gasteiger partial charge in [0.25, 0.3) is 12.3 Å². The molecule has 0 aliphatic rings. The number of carbonyl (C=O) groups excluding carboxylic acids is 1. The first-order valence-corrected chi connectivity index (χ1v) is 12.8. The van der Waals surface area contributed by atoms with Crippen molar-refractivity contribution in [2.75, 3.05) is 7.11 Å². The summed E-state index contributed by atoms with van der Waals surface area (Å²) in [6, 6.07) is 9.05. The predicted octanol–water partition coefficient (Wildman–Crippen LogP) is 5.95. The van der Waals surface area contributed by atoms with Gasteiger partial charge in [-0.2, -0.15) is 4.39 Å². The van der Waals surface area contributed by atoms with Crippen molar-refractivity contribution in [2.24, 2.45) is 0 Å². The molecule has 1 amide bonds. The molecule has 0 saturated carbocycles. The number of carbonyl (C=O) groups is 1. The first kappa shape index (κ1) is 31.1. The highest BCUT2D eigenvalue weighted by atomic mass is 35.5. The number of nitrogens with zero attached hydrogens (tertiary/aromatic N) is 2. The van der Waals surface area contributed by atoms with Gasteiger partial charge in [0, 0.05) is 27.6 Å². The number of fused-ring (bicyclic) bond motifs is 1. The predicted molar refractivity (Wildman–Crippen MR) is 145 cm³/mol. The van der Waals surface area contributed by atoms with Crippen LogP contribution in [0.2, 0.25) is 5.02 Å². The van der Waals surface area contributed by atoms with Crippen molar-refractivity contribution in [2.45, 2.75) is 44.7 Å². The van der Waals surface area contributed by atoms with Crippen molar-refractivity contribution in [3.63, 3.8) is 0 Å². The molecule has 42 heavy (non-hydrogen) atoms. The number of alkyl halides is 3. The maximum atomic E-state index is 15.7. The number of hydrogen-bond acceptors (Lipinski definition) is 6. The summed E-state index contributed by atoms with van der Waals surface area (Å²) in [6.45, 7) is 3.98. The molecular weight excluding hydrogens is 585 g/mol. The molecule has 0 bridgehead atoms. The van der Waals surface area contributed by atoms with Crippen LogP contribution in [0.15, 0.2) is 48.5 Å². The van der Waals surface area contributed by atoms with Crippen molar-refractivity contribution < 1.29 is 41.7 Å². The Morgan fingerprint density at radius 3 is 2.24 bits per heavy atom. The Hall–Kier alpha value is -3.87. The quantitative estimate of drug-likeness (QED) is 0.130. The average molecular weight is 610 g/mol. The van der Waals surface area contributed by atoms with E-state index in [1.54, 1.807) is 5.32 Å². The lowest BCUT2D eigenvalue weighted by atomic mass is 9.90. The van der Waals surface area contributed by atoms with E-state index in [2.05, 4.69) is 9.97 Å². The summed E-state index contributed by atoms with van der Waals surface area (Å²) in [6.07, 6.45) is -7.00. The molecule has 4 aromatic rings. The van der Waals surface area contributed by atoms with Crippen LogP contribution >= 0.6 is 11.6 Å². The highest BCUT2D eigenvalue weighted by molar-refractivity contribution is 6.34. The summed E-state index contributed by atoms with van der Waals surface area (Å²) < 4.78 is 77.4. The number of ether oxygens (including phenoxy) is 1. The Morgan fingerprint density at radius 1 is 1.02 bits per heavy atom. The summed E-state index contributed by atoms with van der Waals surface area (Å²) in [4.78, 5) is 20.8. The molecule has 4 rings (SSSR count). The molecule has 2 atom stereocenters. The third-order valence-electron chi connectivity index (χ3n) is 6.62. The first-order chi connectivity index (χ1) is 19.6. The van der Waals surface area contributed by atoms with Crippen molar-refractivity contribution in [3.8, 4) is 17.0 Å². The maximum absolute atomic E-state index is 15.7. The molecule has 2 aromatic carbocycles. The van der Waals surface area contributed by atoms with Gasteiger partial charge in [-0.25, -0.2) is 27.5 Å². The van der Waals surface area contributed by atoms with Gasteiger partial charge >= 0.3 is 0 Å². The van der Waals surface area contributed by atoms with Gasteiger partial charge in [0.2, 0.25) is 17.8 Å². The number of aliphatic hydroxyl groups is 2. The minimum atomic E-state index is -3.85. The number of rotatable bonds is 8. The molecule has 0 fully saturated rings. The van der Waals surface area contributed by atoms with E-state index in [9.17, 15) is 32.6 Å². The minimum Gasteiger partial charge on any atom is -0.494 e. The number of halogens is 6. The number of hydrogen-bond donors (Lipinski definition) is 3. The molecule has 3 N–H and O–H groups in total. The Balaban J connectivity index is 1.80. The van der Waals surface area contributed by atoms with Crippen LogP contribution < -0.4 is 10.1 Å². The van der Waals surface area contributed by atoms with Gasteiger partial charge in [-0.05, 0) is 69.3 Å². The third-order valence-corrected chi connectivity index (χ3v) is 7.00. The van der Waals surface area contributed by atoms with Crippen LogP contribution in [0.4, 0.5) is 22.0 Å². The van der Waals surface area contributed by atoms with E-state index in [0.29, 0.717) is 0 Å². The summed E-state index contributed by atoms with van der Waals surface area (Å²) in [5, 5.41) is 23.5. The second kappa shape index (κ2) is 11.4. The van der Waals surface area contributed by atoms with Gasteiger partial charge in [-0.3, -0.25) is 4.79 Å². The Labute approximate surface area is 241 Å². The molecule has 2 heterocycles. The van der Waals surface area contributed by atoms with E-state index in [1.165, 1.54) is 52.1 Å². The molecule has 0 radical (unpaired) electrons. The SMILES string of the molecule is COc1cc(C(=O)NC(F)C(O)(c2cc(C(C)(C)O)c(Cl)c(-c3ccc(F)cc3)n2)C(F)F)cc2cc(C)c(F)nc12. The third kappa shape index (κ3) is 5.74. The van der Waals surface area contributed by atoms with Gasteiger partial charge in [-0.1, -0.05) is 11.6 Å². The lowest BCUT2D eigenvalue weighted by Crippen LogP contribution is -2.53. The Bertz CT molecular complexity index is 1660. The van der Waals surface area contributed by atoms with Gasteiger partial charge in [-0.15, -0.1) is 0 Å². The zero-order valence-corrected chi connectivity index (χ0v) is 23.4. The fraction of sp³-hybridized carbons (Fsp3) is 0.276. The maximum Gasteiger partial charge on any atom is 0.277 e. The first-order valence-electron chi connectivity index (χ1n) is 12.4. The van der Waals surface area contributed by atoms with Crippen LogP contribution in [-0.2, 0) is 11.2 Å². The molecule has 0 spiro atoms. The van der Waals surface area contributed by atoms with Crippen molar-refractivity contribution in [1.82, 2.24) is 15.3 Å². The summed E-state index contributed by atoms with van der Waals surface area (Å²) in [5.41, 5.74) is -6.86. The van der Waals surface area contributed by atoms with E-state index in [0.717, 1.165) is 24.3 Å². The van der Waals surface area contributed by atoms with E-state index in [1.807, 2.05) is 0 Å². The fourth-order valence-electron chi connectivity index (χ4n) is 4.26. The summed E-state index contributed by atoms with van der Waals surface area (Å²) in [5.74, 6) is -2.66. The normalized spacial score (nSPS) is 14.1. The van der Waals surface area contributed by atoms with Crippen LogP contribution in [0.3, 0.4) is 0 Å². The van der Waals surface area contributed by atoms with Crippen LogP contribution in [0, 0.1) is 18.7 Å². The molecule has 0 saturated heterocycles. The second-order valence-electron chi connectivity index (χ2n) is 10.1. The van der Waals surface area contributed by atoms with E-state index >= 15 is 4.39 Å². The zero-order chi connectivity index (χ0) is 31.1. The molecule has 2 aromatic heterocycles. The van der Waals surface area contributed by atoms with Crippen LogP contribution in [0.25, 0.3) is 22.2 Å². The average Bonchev–Trinajstić information content (AvgIpc) is 2.92. The minimum absolute atomic E-state index is 0.0470. The van der Waals surface area contributed by atoms with Crippen molar-refractivity contribution in [1.29, 1.82) is 0 Å². The standard InChI is InChI=1S/C29H25ClF5N3O4/c1-13-9-15-10-16(11-19(42-4)22(15)37-24(13)32)25(39)38-27(35)29(41,26(33)34)20-12-18(28(2,3)40)21(30)23(36-20)14-5-7-17(31)8-6-14/h5-12,26-27,40-41H,1-4H3,(H,38,39). The van der Waals surface area contributed by atoms with Crippen LogP contribution in [0.5, 0.6) is 5.75 Å². The van der Waals surface area contributed by atoms with Crippen LogP contribution in [0.1, 0.15) is 41.0 Å². The molecule has 2 unspecified atom stereocenters. The fourth-order valence-corrected chi connectivity index (χ4v) is 4.70. The zero-order valence-electron chi connectivity index (χ0n) is 22.6. The highest BCUT2D eigenvalue weighted by Gasteiger charge is 2.51. The van der Waals surface area contributed by atoms with E-state index < -0.39 is 47.3 Å². The van der Waals surface area contributed by atoms with Gasteiger partial charge in [0.1, 0.15) is 17.1 Å². The topological polar surface area (TPSA) is 105 Å². The number of methoxy groups -OCH3 is 1. The number of nitrogens with one attached hydrogen (secondary N) is 1. The smallest absolute Gasteiger partial charge is 0.277 e. The Morgan fingerprint density at radius 2 is 1.67 bits per heavy atom. The number of aromatic nitrogens is 2. The van der Waals surface area contributed by atoms with Gasteiger partial charge in [0.05, 0.1) is 29.1 Å². The molecule has 7 nitrogen and oxygen atoms in total. The molecule has 0 aliphatic carbocycles. The number of amides is 1. The number of benzene rings is 2. The summed E-state index contributed by atoms with van der Waals surface area (Å²) in [7, 11) is 1.23. The van der Waals surface area contributed by atoms with Gasteiger partial charge < -0.3 is 20.3 Å². The van der Waals surface area contributed by atoms with Crippen LogP contribution in [-0.4, -0.2) is 45.9 Å². The largest absolute Gasteiger partial charge is 0.494 e. The molecular formula is C29H25ClF5N3O4. The van der Waals surface area contributed by atoms with E-state index in [4.69, 9.17) is 16.3 Å². The van der Waals surface area contributed by atoms with Crippen molar-refractivity contribution in [3.05, 3.63) is 87.7 Å². The monoisotopic (exact) mass is 609 g/mol. The van der Waals surface area contributed by atoms with Crippen molar-refractivity contribution >= 4 is 28.4 Å². The lowest BCUT2D eigenvalue weighted by Gasteiger charge is -2.32. The molecule has 13 heteroatoms. The summed E-state index contributed by atoms with van der Waals surface area (Å²) >= 11 is 6.42. The molecule has 0 aliphatic heterocycles. The number of pyridine rings is 2. The Kier molecular flexibility index (Phi) is 8.45.